The number of carbonyl (C=O) groups excluding carboxylic acids is 1. The van der Waals surface area contributed by atoms with Crippen molar-refractivity contribution in [3.05, 3.63) is 0 Å². The van der Waals surface area contributed by atoms with E-state index < -0.39 is 0 Å². The third kappa shape index (κ3) is 5.17. The molecule has 15 heavy (non-hydrogen) atoms. The van der Waals surface area contributed by atoms with Gasteiger partial charge in [-0.25, -0.2) is 0 Å². The monoisotopic (exact) mass is 212 g/mol. The molecule has 0 radical (unpaired) electrons. The summed E-state index contributed by atoms with van der Waals surface area (Å²) in [6, 6.07) is 0.537. The van der Waals surface area contributed by atoms with Crippen LogP contribution in [-0.4, -0.2) is 18.0 Å². The van der Waals surface area contributed by atoms with Crippen molar-refractivity contribution in [3.63, 3.8) is 0 Å². The summed E-state index contributed by atoms with van der Waals surface area (Å²) in [7, 11) is 0. The number of nitrogens with one attached hydrogen (secondary N) is 1. The van der Waals surface area contributed by atoms with Crippen molar-refractivity contribution in [3.8, 4) is 0 Å². The maximum atomic E-state index is 11.6. The SMILES string of the molecule is CC(N)CCC(=O)NC1CCCC(C)C1. The van der Waals surface area contributed by atoms with Crippen molar-refractivity contribution in [1.82, 2.24) is 5.32 Å². The van der Waals surface area contributed by atoms with Crippen molar-refractivity contribution < 1.29 is 4.79 Å². The van der Waals surface area contributed by atoms with Crippen LogP contribution >= 0.6 is 0 Å². The molecule has 1 aliphatic rings. The predicted molar refractivity (Wildman–Crippen MR) is 62.4 cm³/mol. The molecule has 0 aromatic carbocycles. The predicted octanol–water partition coefficient (Wildman–Crippen LogP) is 1.81. The van der Waals surface area contributed by atoms with E-state index >= 15 is 0 Å². The van der Waals surface area contributed by atoms with Crippen LogP contribution in [-0.2, 0) is 4.79 Å². The first kappa shape index (κ1) is 12.5. The van der Waals surface area contributed by atoms with E-state index in [1.54, 1.807) is 0 Å². The number of nitrogens with two attached hydrogens (primary N) is 1. The largest absolute Gasteiger partial charge is 0.353 e. The summed E-state index contributed by atoms with van der Waals surface area (Å²) in [4.78, 5) is 11.6. The van der Waals surface area contributed by atoms with E-state index in [2.05, 4.69) is 12.2 Å². The lowest BCUT2D eigenvalue weighted by Gasteiger charge is -2.27. The fourth-order valence-electron chi connectivity index (χ4n) is 2.22. The second kappa shape index (κ2) is 6.11. The van der Waals surface area contributed by atoms with Crippen LogP contribution in [0, 0.1) is 5.92 Å². The Morgan fingerprint density at radius 2 is 2.27 bits per heavy atom. The van der Waals surface area contributed by atoms with Gasteiger partial charge in [-0.05, 0) is 32.1 Å². The van der Waals surface area contributed by atoms with Crippen molar-refractivity contribution in [2.24, 2.45) is 11.7 Å². The summed E-state index contributed by atoms with van der Waals surface area (Å²) in [5, 5.41) is 3.11. The fraction of sp³-hybridized carbons (Fsp3) is 0.917. The highest BCUT2D eigenvalue weighted by Crippen LogP contribution is 2.23. The summed E-state index contributed by atoms with van der Waals surface area (Å²) in [5.41, 5.74) is 5.62. The molecule has 3 atom stereocenters. The number of rotatable bonds is 4. The second-order valence-corrected chi connectivity index (χ2v) is 5.05. The van der Waals surface area contributed by atoms with Gasteiger partial charge in [0.1, 0.15) is 0 Å². The van der Waals surface area contributed by atoms with Gasteiger partial charge in [0.05, 0.1) is 0 Å². The molecule has 0 bridgehead atoms. The Labute approximate surface area is 92.8 Å². The zero-order chi connectivity index (χ0) is 11.3. The number of hydrogen-bond donors (Lipinski definition) is 2. The van der Waals surface area contributed by atoms with Crippen molar-refractivity contribution in [2.75, 3.05) is 0 Å². The molecule has 1 fully saturated rings. The quantitative estimate of drug-likeness (QED) is 0.746. The molecule has 0 aromatic heterocycles. The molecular formula is C12H24N2O. The standard InChI is InChI=1S/C12H24N2O/c1-9-4-3-5-11(8-9)14-12(15)7-6-10(2)13/h9-11H,3-8,13H2,1-2H3,(H,14,15). The van der Waals surface area contributed by atoms with Crippen molar-refractivity contribution in [2.45, 2.75) is 64.5 Å². The fourth-order valence-corrected chi connectivity index (χ4v) is 2.22. The Hall–Kier alpha value is -0.570. The van der Waals surface area contributed by atoms with E-state index in [-0.39, 0.29) is 11.9 Å². The number of hydrogen-bond acceptors (Lipinski definition) is 2. The van der Waals surface area contributed by atoms with Gasteiger partial charge in [-0.3, -0.25) is 4.79 Å². The van der Waals surface area contributed by atoms with E-state index in [4.69, 9.17) is 5.73 Å². The Bertz CT molecular complexity index is 204. The Kier molecular flexibility index (Phi) is 5.09. The molecule has 88 valence electrons. The van der Waals surface area contributed by atoms with Crippen LogP contribution < -0.4 is 11.1 Å². The van der Waals surface area contributed by atoms with E-state index in [1.165, 1.54) is 12.8 Å². The molecule has 1 aliphatic carbocycles. The van der Waals surface area contributed by atoms with Crippen LogP contribution in [0.2, 0.25) is 0 Å². The summed E-state index contributed by atoms with van der Waals surface area (Å²) in [6.07, 6.45) is 6.21. The minimum absolute atomic E-state index is 0.126. The van der Waals surface area contributed by atoms with E-state index in [1.807, 2.05) is 6.92 Å². The van der Waals surface area contributed by atoms with E-state index in [0.29, 0.717) is 12.5 Å². The molecule has 3 nitrogen and oxygen atoms in total. The molecule has 0 spiro atoms. The van der Waals surface area contributed by atoms with Crippen LogP contribution in [0.15, 0.2) is 0 Å². The van der Waals surface area contributed by atoms with Gasteiger partial charge in [-0.1, -0.05) is 19.8 Å². The van der Waals surface area contributed by atoms with Gasteiger partial charge in [0, 0.05) is 18.5 Å². The second-order valence-electron chi connectivity index (χ2n) is 5.05. The summed E-state index contributed by atoms with van der Waals surface area (Å²) >= 11 is 0. The molecule has 1 rings (SSSR count). The first-order valence-electron chi connectivity index (χ1n) is 6.13. The lowest BCUT2D eigenvalue weighted by atomic mass is 9.87. The molecule has 3 unspecified atom stereocenters. The van der Waals surface area contributed by atoms with Gasteiger partial charge < -0.3 is 11.1 Å². The molecule has 0 aromatic rings. The molecule has 3 heteroatoms. The molecule has 0 heterocycles. The first-order chi connectivity index (χ1) is 7.08. The lowest BCUT2D eigenvalue weighted by Crippen LogP contribution is -2.38. The number of carbonyl (C=O) groups is 1. The molecule has 1 amide bonds. The van der Waals surface area contributed by atoms with Crippen LogP contribution in [0.5, 0.6) is 0 Å². The molecule has 0 saturated heterocycles. The minimum atomic E-state index is 0.126. The third-order valence-electron chi connectivity index (χ3n) is 3.13. The lowest BCUT2D eigenvalue weighted by molar-refractivity contribution is -0.122. The van der Waals surface area contributed by atoms with Crippen LogP contribution in [0.25, 0.3) is 0 Å². The Morgan fingerprint density at radius 3 is 2.87 bits per heavy atom. The Morgan fingerprint density at radius 1 is 1.53 bits per heavy atom. The average molecular weight is 212 g/mol. The third-order valence-corrected chi connectivity index (χ3v) is 3.13. The van der Waals surface area contributed by atoms with Gasteiger partial charge in [-0.2, -0.15) is 0 Å². The van der Waals surface area contributed by atoms with Crippen LogP contribution in [0.4, 0.5) is 0 Å². The summed E-state index contributed by atoms with van der Waals surface area (Å²) in [6.45, 7) is 4.20. The van der Waals surface area contributed by atoms with Gasteiger partial charge in [0.2, 0.25) is 5.91 Å². The maximum absolute atomic E-state index is 11.6. The molecule has 0 aliphatic heterocycles. The first-order valence-corrected chi connectivity index (χ1v) is 6.13. The molecule has 3 N–H and O–H groups in total. The van der Waals surface area contributed by atoms with Gasteiger partial charge in [-0.15, -0.1) is 0 Å². The molecular weight excluding hydrogens is 188 g/mol. The summed E-state index contributed by atoms with van der Waals surface area (Å²) in [5.74, 6) is 0.934. The van der Waals surface area contributed by atoms with E-state index in [0.717, 1.165) is 25.2 Å². The topological polar surface area (TPSA) is 55.1 Å². The highest BCUT2D eigenvalue weighted by Gasteiger charge is 2.20. The van der Waals surface area contributed by atoms with Crippen molar-refractivity contribution >= 4 is 5.91 Å². The molecule has 1 saturated carbocycles. The highest BCUT2D eigenvalue weighted by atomic mass is 16.1. The van der Waals surface area contributed by atoms with E-state index in [9.17, 15) is 4.79 Å². The van der Waals surface area contributed by atoms with Gasteiger partial charge in [0.15, 0.2) is 0 Å². The maximum Gasteiger partial charge on any atom is 0.220 e. The van der Waals surface area contributed by atoms with Gasteiger partial charge in [0.25, 0.3) is 0 Å². The zero-order valence-corrected chi connectivity index (χ0v) is 9.96. The van der Waals surface area contributed by atoms with Crippen LogP contribution in [0.3, 0.4) is 0 Å². The highest BCUT2D eigenvalue weighted by molar-refractivity contribution is 5.76. The summed E-state index contributed by atoms with van der Waals surface area (Å²) < 4.78 is 0. The van der Waals surface area contributed by atoms with Gasteiger partial charge >= 0.3 is 0 Å². The van der Waals surface area contributed by atoms with Crippen LogP contribution in [0.1, 0.15) is 52.4 Å². The number of amides is 1. The normalized spacial score (nSPS) is 28.5. The average Bonchev–Trinajstić information content (AvgIpc) is 2.15. The Balaban J connectivity index is 2.19. The van der Waals surface area contributed by atoms with Crippen molar-refractivity contribution in [1.29, 1.82) is 0 Å². The smallest absolute Gasteiger partial charge is 0.220 e. The minimum Gasteiger partial charge on any atom is -0.353 e. The zero-order valence-electron chi connectivity index (χ0n) is 9.96.